The summed E-state index contributed by atoms with van der Waals surface area (Å²) in [4.78, 5) is 15.2. The number of carboxylic acid groups (broad SMARTS) is 1. The van der Waals surface area contributed by atoms with E-state index in [1.54, 1.807) is 6.92 Å². The fraction of sp³-hybridized carbons (Fsp3) is 0.231. The monoisotopic (exact) mass is 392 g/mol. The van der Waals surface area contributed by atoms with Crippen LogP contribution in [0.2, 0.25) is 5.02 Å². The van der Waals surface area contributed by atoms with Gasteiger partial charge in [0.1, 0.15) is 0 Å². The maximum absolute atomic E-state index is 11.1. The normalized spacial score (nSPS) is 12.7. The number of pyridine rings is 1. The van der Waals surface area contributed by atoms with Gasteiger partial charge in [0.05, 0.1) is 16.4 Å². The van der Waals surface area contributed by atoms with Crippen LogP contribution in [0.15, 0.2) is 15.7 Å². The first-order chi connectivity index (χ1) is 8.75. The SMILES string of the molecule is C/C(I)=C\C=C(/C)c1nc(C(=O)O)c(Cl)c(N)c1C. The van der Waals surface area contributed by atoms with Crippen molar-refractivity contribution in [2.45, 2.75) is 20.8 Å². The first-order valence-corrected chi connectivity index (χ1v) is 6.91. The van der Waals surface area contributed by atoms with Crippen LogP contribution >= 0.6 is 34.2 Å². The lowest BCUT2D eigenvalue weighted by Crippen LogP contribution is -2.08. The highest BCUT2D eigenvalue weighted by molar-refractivity contribution is 14.1. The average molecular weight is 393 g/mol. The van der Waals surface area contributed by atoms with Crippen molar-refractivity contribution in [1.29, 1.82) is 0 Å². The van der Waals surface area contributed by atoms with E-state index >= 15 is 0 Å². The summed E-state index contributed by atoms with van der Waals surface area (Å²) in [5.41, 5.74) is 7.94. The fourth-order valence-corrected chi connectivity index (χ4v) is 1.95. The number of aromatic nitrogens is 1. The van der Waals surface area contributed by atoms with Crippen LogP contribution in [-0.4, -0.2) is 16.1 Å². The molecule has 0 bridgehead atoms. The molecule has 0 spiro atoms. The number of hydrogen-bond acceptors (Lipinski definition) is 3. The molecule has 1 aromatic rings. The standard InChI is InChI=1S/C13H14ClIN2O2/c1-6(4-5-7(2)15)11-8(3)10(16)9(14)12(17-11)13(18)19/h4-5H,1-3H3,(H2,16,17)(H,18,19)/b6-4+,7-5+. The van der Waals surface area contributed by atoms with Crippen molar-refractivity contribution in [2.75, 3.05) is 5.73 Å². The molecule has 0 saturated heterocycles. The molecule has 0 aliphatic carbocycles. The molecule has 4 nitrogen and oxygen atoms in total. The van der Waals surface area contributed by atoms with Crippen LogP contribution in [0.1, 0.15) is 35.6 Å². The smallest absolute Gasteiger partial charge is 0.356 e. The number of carbonyl (C=O) groups is 1. The molecule has 1 heterocycles. The van der Waals surface area contributed by atoms with Gasteiger partial charge in [0.2, 0.25) is 0 Å². The number of aromatic carboxylic acids is 1. The number of hydrogen-bond donors (Lipinski definition) is 2. The van der Waals surface area contributed by atoms with Gasteiger partial charge in [-0.3, -0.25) is 0 Å². The topological polar surface area (TPSA) is 76.2 Å². The Balaban J connectivity index is 3.49. The lowest BCUT2D eigenvalue weighted by Gasteiger charge is -2.11. The molecule has 0 saturated carbocycles. The summed E-state index contributed by atoms with van der Waals surface area (Å²) in [6.45, 7) is 5.58. The summed E-state index contributed by atoms with van der Waals surface area (Å²) in [7, 11) is 0. The number of carboxylic acids is 1. The summed E-state index contributed by atoms with van der Waals surface area (Å²) < 4.78 is 1.11. The van der Waals surface area contributed by atoms with Gasteiger partial charge in [0.25, 0.3) is 0 Å². The Morgan fingerprint density at radius 1 is 1.37 bits per heavy atom. The number of halogens is 2. The van der Waals surface area contributed by atoms with E-state index in [-0.39, 0.29) is 16.4 Å². The molecule has 3 N–H and O–H groups in total. The van der Waals surface area contributed by atoms with E-state index in [0.717, 1.165) is 9.15 Å². The van der Waals surface area contributed by atoms with Crippen LogP contribution in [0.5, 0.6) is 0 Å². The van der Waals surface area contributed by atoms with Crippen molar-refractivity contribution in [1.82, 2.24) is 4.98 Å². The third-order valence-electron chi connectivity index (χ3n) is 2.57. The van der Waals surface area contributed by atoms with Gasteiger partial charge in [-0.1, -0.05) is 23.8 Å². The van der Waals surface area contributed by atoms with Gasteiger partial charge in [0.15, 0.2) is 5.69 Å². The van der Waals surface area contributed by atoms with Gasteiger partial charge in [-0.25, -0.2) is 9.78 Å². The van der Waals surface area contributed by atoms with Crippen molar-refractivity contribution in [2.24, 2.45) is 0 Å². The Morgan fingerprint density at radius 3 is 2.42 bits per heavy atom. The van der Waals surface area contributed by atoms with Crippen molar-refractivity contribution in [3.8, 4) is 0 Å². The highest BCUT2D eigenvalue weighted by Crippen LogP contribution is 2.30. The van der Waals surface area contributed by atoms with E-state index in [1.165, 1.54) is 0 Å². The molecule has 0 radical (unpaired) electrons. The summed E-state index contributed by atoms with van der Waals surface area (Å²) >= 11 is 8.09. The highest BCUT2D eigenvalue weighted by atomic mass is 127. The van der Waals surface area contributed by atoms with E-state index in [1.807, 2.05) is 26.0 Å². The summed E-state index contributed by atoms with van der Waals surface area (Å²) in [6, 6.07) is 0. The van der Waals surface area contributed by atoms with Crippen LogP contribution < -0.4 is 5.73 Å². The molecule has 0 amide bonds. The largest absolute Gasteiger partial charge is 0.476 e. The molecule has 0 aliphatic heterocycles. The molecule has 0 aromatic carbocycles. The number of allylic oxidation sites excluding steroid dienone is 4. The van der Waals surface area contributed by atoms with E-state index in [2.05, 4.69) is 27.6 Å². The van der Waals surface area contributed by atoms with E-state index in [9.17, 15) is 4.79 Å². The lowest BCUT2D eigenvalue weighted by atomic mass is 10.1. The zero-order valence-corrected chi connectivity index (χ0v) is 13.7. The predicted molar refractivity (Wildman–Crippen MR) is 86.8 cm³/mol. The predicted octanol–water partition coefficient (Wildman–Crippen LogP) is 4.07. The van der Waals surface area contributed by atoms with E-state index in [4.69, 9.17) is 22.4 Å². The maximum Gasteiger partial charge on any atom is 0.356 e. The number of anilines is 1. The van der Waals surface area contributed by atoms with E-state index < -0.39 is 5.97 Å². The van der Waals surface area contributed by atoms with Crippen LogP contribution in [0.25, 0.3) is 5.57 Å². The van der Waals surface area contributed by atoms with Gasteiger partial charge in [-0.05, 0) is 58.1 Å². The van der Waals surface area contributed by atoms with Crippen molar-refractivity contribution < 1.29 is 9.90 Å². The Hall–Kier alpha value is -1.08. The summed E-state index contributed by atoms with van der Waals surface area (Å²) in [5, 5.41) is 9.06. The highest BCUT2D eigenvalue weighted by Gasteiger charge is 2.18. The molecule has 0 aliphatic rings. The van der Waals surface area contributed by atoms with Gasteiger partial charge >= 0.3 is 5.97 Å². The van der Waals surface area contributed by atoms with Crippen LogP contribution in [0.3, 0.4) is 0 Å². The molecular formula is C13H14ClIN2O2. The molecule has 0 atom stereocenters. The van der Waals surface area contributed by atoms with Crippen molar-refractivity contribution >= 4 is 51.4 Å². The molecule has 1 rings (SSSR count). The van der Waals surface area contributed by atoms with Gasteiger partial charge < -0.3 is 10.8 Å². The lowest BCUT2D eigenvalue weighted by molar-refractivity contribution is 0.0690. The van der Waals surface area contributed by atoms with Gasteiger partial charge in [0, 0.05) is 0 Å². The van der Waals surface area contributed by atoms with Crippen molar-refractivity contribution in [3.05, 3.63) is 37.7 Å². The minimum absolute atomic E-state index is 0.0119. The molecule has 0 fully saturated rings. The van der Waals surface area contributed by atoms with Gasteiger partial charge in [-0.15, -0.1) is 0 Å². The number of rotatable bonds is 3. The molecule has 19 heavy (non-hydrogen) atoms. The van der Waals surface area contributed by atoms with Crippen LogP contribution in [0, 0.1) is 6.92 Å². The second kappa shape index (κ2) is 6.38. The number of nitrogens with zero attached hydrogens (tertiary/aromatic N) is 1. The van der Waals surface area contributed by atoms with Crippen molar-refractivity contribution in [3.63, 3.8) is 0 Å². The molecule has 6 heteroatoms. The summed E-state index contributed by atoms with van der Waals surface area (Å²) in [5.74, 6) is -1.19. The first-order valence-electron chi connectivity index (χ1n) is 5.45. The second-order valence-electron chi connectivity index (χ2n) is 4.07. The Kier molecular flexibility index (Phi) is 5.37. The molecule has 102 valence electrons. The number of nitrogens with two attached hydrogens (primary N) is 1. The first kappa shape index (κ1) is 16.0. The van der Waals surface area contributed by atoms with Crippen LogP contribution in [0.4, 0.5) is 5.69 Å². The average Bonchev–Trinajstić information content (AvgIpc) is 2.33. The zero-order chi connectivity index (χ0) is 14.7. The Labute approximate surface area is 130 Å². The minimum atomic E-state index is -1.19. The molecule has 0 unspecified atom stereocenters. The third-order valence-corrected chi connectivity index (χ3v) is 3.31. The third kappa shape index (κ3) is 3.70. The Bertz CT molecular complexity index is 591. The minimum Gasteiger partial charge on any atom is -0.476 e. The Morgan fingerprint density at radius 2 is 1.95 bits per heavy atom. The quantitative estimate of drug-likeness (QED) is 0.600. The molecule has 1 aromatic heterocycles. The number of nitrogen functional groups attached to an aromatic ring is 1. The maximum atomic E-state index is 11.1. The summed E-state index contributed by atoms with van der Waals surface area (Å²) in [6.07, 6.45) is 3.79. The van der Waals surface area contributed by atoms with Crippen LogP contribution in [-0.2, 0) is 0 Å². The van der Waals surface area contributed by atoms with Gasteiger partial charge in [-0.2, -0.15) is 0 Å². The zero-order valence-electron chi connectivity index (χ0n) is 10.8. The van der Waals surface area contributed by atoms with E-state index in [0.29, 0.717) is 11.3 Å². The molecular weight excluding hydrogens is 379 g/mol. The second-order valence-corrected chi connectivity index (χ2v) is 6.15. The fourth-order valence-electron chi connectivity index (χ4n) is 1.51.